The van der Waals surface area contributed by atoms with Crippen LogP contribution in [0, 0.1) is 0 Å². The molecule has 3 rings (SSSR count). The zero-order valence-corrected chi connectivity index (χ0v) is 16.7. The van der Waals surface area contributed by atoms with Gasteiger partial charge < -0.3 is 25.0 Å². The van der Waals surface area contributed by atoms with Crippen molar-refractivity contribution >= 4 is 46.7 Å². The van der Waals surface area contributed by atoms with Crippen LogP contribution in [0.5, 0.6) is 0 Å². The topological polar surface area (TPSA) is 88.6 Å². The van der Waals surface area contributed by atoms with Crippen molar-refractivity contribution < 1.29 is 27.9 Å². The highest BCUT2D eigenvalue weighted by molar-refractivity contribution is 6.35. The summed E-state index contributed by atoms with van der Waals surface area (Å²) < 4.78 is 39.4. The van der Waals surface area contributed by atoms with Gasteiger partial charge in [-0.3, -0.25) is 0 Å². The number of aromatic nitrogens is 1. The molecule has 2 heterocycles. The Bertz CT molecular complexity index is 959. The first-order valence-electron chi connectivity index (χ1n) is 8.61. The Morgan fingerprint density at radius 3 is 2.17 bits per heavy atom. The van der Waals surface area contributed by atoms with E-state index in [2.05, 4.69) is 10.3 Å². The van der Waals surface area contributed by atoms with Gasteiger partial charge in [0, 0.05) is 47.5 Å². The molecule has 2 amide bonds. The number of benzene rings is 1. The number of nitrogens with one attached hydrogen (secondary N) is 1. The number of carboxylic acids is 1. The lowest BCUT2D eigenvalue weighted by Gasteiger charge is -2.35. The Morgan fingerprint density at radius 1 is 1.03 bits per heavy atom. The SMILES string of the molecule is O=C([O-])c1ccc(N2CCN(C(=O)Nc3cc(Cl)cc(Cl)c3)CC2)nc1C(F)(F)F. The predicted octanol–water partition coefficient (Wildman–Crippen LogP) is 3.12. The summed E-state index contributed by atoms with van der Waals surface area (Å²) in [5, 5.41) is 14.3. The van der Waals surface area contributed by atoms with Crippen LogP contribution in [0.25, 0.3) is 0 Å². The van der Waals surface area contributed by atoms with Gasteiger partial charge >= 0.3 is 12.2 Å². The zero-order valence-electron chi connectivity index (χ0n) is 15.2. The summed E-state index contributed by atoms with van der Waals surface area (Å²) in [5.41, 5.74) is -2.13. The second-order valence-electron chi connectivity index (χ2n) is 6.41. The van der Waals surface area contributed by atoms with Gasteiger partial charge in [0.1, 0.15) is 5.82 Å². The second kappa shape index (κ2) is 8.57. The number of carbonyl (C=O) groups is 2. The van der Waals surface area contributed by atoms with Crippen LogP contribution in [0.4, 0.5) is 29.5 Å². The number of hydrogen-bond acceptors (Lipinski definition) is 5. The molecule has 160 valence electrons. The van der Waals surface area contributed by atoms with Gasteiger partial charge in [-0.1, -0.05) is 23.2 Å². The van der Waals surface area contributed by atoms with Crippen molar-refractivity contribution in [1.82, 2.24) is 9.88 Å². The van der Waals surface area contributed by atoms with E-state index in [0.717, 1.165) is 6.07 Å². The molecule has 1 saturated heterocycles. The molecular weight excluding hydrogens is 448 g/mol. The van der Waals surface area contributed by atoms with Gasteiger partial charge in [-0.15, -0.1) is 0 Å². The minimum absolute atomic E-state index is 0.0333. The van der Waals surface area contributed by atoms with E-state index >= 15 is 0 Å². The molecule has 0 bridgehead atoms. The van der Waals surface area contributed by atoms with E-state index in [0.29, 0.717) is 15.7 Å². The van der Waals surface area contributed by atoms with Crippen LogP contribution in [-0.4, -0.2) is 48.1 Å². The molecule has 0 saturated carbocycles. The molecule has 7 nitrogen and oxygen atoms in total. The molecule has 0 atom stereocenters. The van der Waals surface area contributed by atoms with Crippen molar-refractivity contribution in [3.63, 3.8) is 0 Å². The molecule has 12 heteroatoms. The average Bonchev–Trinajstić information content (AvgIpc) is 2.66. The molecule has 1 aliphatic rings. The monoisotopic (exact) mass is 461 g/mol. The van der Waals surface area contributed by atoms with Gasteiger partial charge in [0.2, 0.25) is 0 Å². The first-order valence-corrected chi connectivity index (χ1v) is 9.37. The third-order valence-electron chi connectivity index (χ3n) is 4.37. The highest BCUT2D eigenvalue weighted by atomic mass is 35.5. The summed E-state index contributed by atoms with van der Waals surface area (Å²) in [6, 6.07) is 6.17. The Hall–Kier alpha value is -2.72. The molecule has 1 fully saturated rings. The van der Waals surface area contributed by atoms with Crippen molar-refractivity contribution in [2.75, 3.05) is 36.4 Å². The van der Waals surface area contributed by atoms with E-state index in [9.17, 15) is 27.9 Å². The number of aromatic carboxylic acids is 1. The molecule has 30 heavy (non-hydrogen) atoms. The largest absolute Gasteiger partial charge is 0.545 e. The number of pyridine rings is 1. The second-order valence-corrected chi connectivity index (χ2v) is 7.29. The van der Waals surface area contributed by atoms with Gasteiger partial charge in [0.15, 0.2) is 5.69 Å². The number of urea groups is 1. The van der Waals surface area contributed by atoms with Crippen LogP contribution in [0.1, 0.15) is 16.1 Å². The van der Waals surface area contributed by atoms with Gasteiger partial charge in [-0.05, 0) is 30.3 Å². The lowest BCUT2D eigenvalue weighted by atomic mass is 10.1. The summed E-state index contributed by atoms with van der Waals surface area (Å²) in [7, 11) is 0. The lowest BCUT2D eigenvalue weighted by molar-refractivity contribution is -0.255. The molecule has 1 aromatic heterocycles. The molecule has 0 aliphatic carbocycles. The third-order valence-corrected chi connectivity index (χ3v) is 4.81. The van der Waals surface area contributed by atoms with Crippen molar-refractivity contribution in [2.45, 2.75) is 6.18 Å². The van der Waals surface area contributed by atoms with Gasteiger partial charge in [0.05, 0.1) is 5.97 Å². The van der Waals surface area contributed by atoms with Gasteiger partial charge in [-0.2, -0.15) is 13.2 Å². The molecule has 2 aromatic rings. The number of hydrogen-bond donors (Lipinski definition) is 1. The number of nitrogens with zero attached hydrogens (tertiary/aromatic N) is 3. The molecule has 1 aliphatic heterocycles. The number of carbonyl (C=O) groups excluding carboxylic acids is 2. The fourth-order valence-electron chi connectivity index (χ4n) is 2.97. The highest BCUT2D eigenvalue weighted by Gasteiger charge is 2.36. The van der Waals surface area contributed by atoms with E-state index in [-0.39, 0.29) is 32.0 Å². The quantitative estimate of drug-likeness (QED) is 0.758. The summed E-state index contributed by atoms with van der Waals surface area (Å²) >= 11 is 11.8. The zero-order chi connectivity index (χ0) is 22.1. The smallest absolute Gasteiger partial charge is 0.434 e. The number of piperazine rings is 1. The maximum atomic E-state index is 13.1. The standard InChI is InChI=1S/C18H15Cl2F3N4O3/c19-10-7-11(20)9-12(8-10)24-17(30)27-5-3-26(4-6-27)14-2-1-13(16(28)29)15(25-14)18(21,22)23/h1-2,7-9H,3-6H2,(H,24,30)(H,28,29)/p-1. The van der Waals surface area contributed by atoms with Crippen LogP contribution in [0.3, 0.4) is 0 Å². The number of halogens is 5. The summed E-state index contributed by atoms with van der Waals surface area (Å²) in [6.07, 6.45) is -4.94. The van der Waals surface area contributed by atoms with Crippen LogP contribution >= 0.6 is 23.2 Å². The van der Waals surface area contributed by atoms with Gasteiger partial charge in [-0.25, -0.2) is 9.78 Å². The van der Waals surface area contributed by atoms with E-state index in [1.54, 1.807) is 0 Å². The van der Waals surface area contributed by atoms with Crippen molar-refractivity contribution in [2.24, 2.45) is 0 Å². The molecule has 0 unspecified atom stereocenters. The van der Waals surface area contributed by atoms with Crippen molar-refractivity contribution in [1.29, 1.82) is 0 Å². The fourth-order valence-corrected chi connectivity index (χ4v) is 3.50. The minimum Gasteiger partial charge on any atom is -0.545 e. The Kier molecular flexibility index (Phi) is 6.27. The lowest BCUT2D eigenvalue weighted by Crippen LogP contribution is -2.50. The molecule has 1 N–H and O–H groups in total. The third kappa shape index (κ3) is 5.06. The Morgan fingerprint density at radius 2 is 1.63 bits per heavy atom. The van der Waals surface area contributed by atoms with Crippen LogP contribution in [-0.2, 0) is 6.18 Å². The maximum absolute atomic E-state index is 13.1. The number of anilines is 2. The molecule has 0 spiro atoms. The fraction of sp³-hybridized carbons (Fsp3) is 0.278. The average molecular weight is 462 g/mol. The number of alkyl halides is 3. The summed E-state index contributed by atoms with van der Waals surface area (Å²) in [6.45, 7) is 0.841. The number of rotatable bonds is 3. The van der Waals surface area contributed by atoms with Crippen molar-refractivity contribution in [3.05, 3.63) is 51.6 Å². The van der Waals surface area contributed by atoms with E-state index < -0.39 is 29.4 Å². The van der Waals surface area contributed by atoms with Gasteiger partial charge in [0.25, 0.3) is 0 Å². The summed E-state index contributed by atoms with van der Waals surface area (Å²) in [4.78, 5) is 29.8. The van der Waals surface area contributed by atoms with Crippen molar-refractivity contribution in [3.8, 4) is 0 Å². The normalized spacial score (nSPS) is 14.6. The number of amides is 2. The van der Waals surface area contributed by atoms with Crippen LogP contribution in [0.2, 0.25) is 10.0 Å². The molecular formula is C18H14Cl2F3N4O3-. The highest BCUT2D eigenvalue weighted by Crippen LogP contribution is 2.32. The first kappa shape index (κ1) is 22.0. The Labute approximate surface area is 179 Å². The Balaban J connectivity index is 1.68. The number of carboxylic acid groups (broad SMARTS) is 1. The first-order chi connectivity index (χ1) is 14.0. The summed E-state index contributed by atoms with van der Waals surface area (Å²) in [5.74, 6) is -1.99. The molecule has 0 radical (unpaired) electrons. The van der Waals surface area contributed by atoms with E-state index in [4.69, 9.17) is 23.2 Å². The van der Waals surface area contributed by atoms with Crippen LogP contribution < -0.4 is 15.3 Å². The predicted molar refractivity (Wildman–Crippen MR) is 103 cm³/mol. The minimum atomic E-state index is -4.94. The molecule has 1 aromatic carbocycles. The van der Waals surface area contributed by atoms with E-state index in [1.165, 1.54) is 34.1 Å². The van der Waals surface area contributed by atoms with Crippen LogP contribution in [0.15, 0.2) is 30.3 Å². The van der Waals surface area contributed by atoms with E-state index in [1.807, 2.05) is 0 Å². The maximum Gasteiger partial charge on any atom is 0.434 e.